The van der Waals surface area contributed by atoms with Gasteiger partial charge in [0.2, 0.25) is 5.91 Å². The molecular weight excluding hydrogens is 401 g/mol. The molecule has 0 aromatic heterocycles. The second kappa shape index (κ2) is 7.96. The van der Waals surface area contributed by atoms with Gasteiger partial charge in [-0.25, -0.2) is 0 Å². The van der Waals surface area contributed by atoms with Crippen molar-refractivity contribution in [1.29, 1.82) is 0 Å². The number of benzene rings is 1. The highest BCUT2D eigenvalue weighted by atomic mass is 32.8. The van der Waals surface area contributed by atoms with Crippen molar-refractivity contribution < 1.29 is 18.9 Å². The van der Waals surface area contributed by atoms with Gasteiger partial charge in [0.25, 0.3) is 5.91 Å². The number of carbonyl (C=O) groups excluding carboxylic acids is 2. The SMILES string of the molecule is O=C1COCCN1c1ccc(N2CCC(N(S)S(O)=S)C2=O)c(P)c1. The van der Waals surface area contributed by atoms with E-state index < -0.39 is 16.0 Å². The molecule has 0 saturated carbocycles. The van der Waals surface area contributed by atoms with Crippen molar-refractivity contribution in [2.75, 3.05) is 36.1 Å². The molecule has 2 aliphatic heterocycles. The molecule has 0 spiro atoms. The minimum atomic E-state index is -1.49. The normalized spacial score (nSPS) is 22.8. The van der Waals surface area contributed by atoms with Crippen molar-refractivity contribution in [3.8, 4) is 0 Å². The Balaban J connectivity index is 1.81. The monoisotopic (exact) mass is 419 g/mol. The highest BCUT2D eigenvalue weighted by Crippen LogP contribution is 2.28. The molecule has 11 heteroatoms. The molecule has 2 aliphatic rings. The summed E-state index contributed by atoms with van der Waals surface area (Å²) < 4.78 is 15.9. The maximum atomic E-state index is 12.6. The predicted molar refractivity (Wildman–Crippen MR) is 108 cm³/mol. The summed E-state index contributed by atoms with van der Waals surface area (Å²) >= 11 is 8.92. The standard InChI is InChI=1S/C14H18N3O4PS3/c18-13-8-21-6-5-15(13)9-1-2-10(12(22)7-9)16-4-3-11(14(16)19)17(23)25(20)24/h1-2,7,11,23H,3-6,8,22H2,(H,20,24). The first-order valence-corrected chi connectivity index (χ1v) is 10.6. The van der Waals surface area contributed by atoms with E-state index in [1.165, 1.54) is 3.71 Å². The van der Waals surface area contributed by atoms with E-state index in [0.717, 1.165) is 16.7 Å². The van der Waals surface area contributed by atoms with Crippen LogP contribution in [-0.2, 0) is 35.4 Å². The molecule has 1 aromatic rings. The van der Waals surface area contributed by atoms with Crippen molar-refractivity contribution in [2.45, 2.75) is 12.5 Å². The zero-order valence-corrected chi connectivity index (χ0v) is 16.9. The van der Waals surface area contributed by atoms with Crippen molar-refractivity contribution in [3.63, 3.8) is 0 Å². The molecule has 2 fully saturated rings. The summed E-state index contributed by atoms with van der Waals surface area (Å²) in [4.78, 5) is 27.9. The smallest absolute Gasteiger partial charge is 0.253 e. The summed E-state index contributed by atoms with van der Waals surface area (Å²) in [5.41, 5.74) is 1.54. The van der Waals surface area contributed by atoms with Crippen LogP contribution in [0, 0.1) is 0 Å². The first-order valence-electron chi connectivity index (χ1n) is 7.58. The summed E-state index contributed by atoms with van der Waals surface area (Å²) in [6.45, 7) is 1.62. The summed E-state index contributed by atoms with van der Waals surface area (Å²) in [6, 6.07) is 4.98. The Bertz CT molecular complexity index is 735. The Hall–Kier alpha value is -0.610. The number of carbonyl (C=O) groups is 2. The van der Waals surface area contributed by atoms with Gasteiger partial charge in [0.15, 0.2) is 0 Å². The second-order valence-corrected chi connectivity index (χ2v) is 8.74. The molecule has 7 nitrogen and oxygen atoms in total. The lowest BCUT2D eigenvalue weighted by molar-refractivity contribution is -0.125. The van der Waals surface area contributed by atoms with E-state index in [-0.39, 0.29) is 18.4 Å². The van der Waals surface area contributed by atoms with Gasteiger partial charge in [-0.1, -0.05) is 12.8 Å². The Morgan fingerprint density at radius 1 is 1.36 bits per heavy atom. The third-order valence-electron chi connectivity index (χ3n) is 4.20. The Morgan fingerprint density at radius 3 is 2.76 bits per heavy atom. The highest BCUT2D eigenvalue weighted by Gasteiger charge is 2.37. The first kappa shape index (κ1) is 19.2. The van der Waals surface area contributed by atoms with Crippen molar-refractivity contribution in [2.24, 2.45) is 0 Å². The lowest BCUT2D eigenvalue weighted by Crippen LogP contribution is -2.42. The zero-order chi connectivity index (χ0) is 18.1. The molecule has 0 bridgehead atoms. The molecule has 25 heavy (non-hydrogen) atoms. The quantitative estimate of drug-likeness (QED) is 0.539. The van der Waals surface area contributed by atoms with Crippen LogP contribution in [0.1, 0.15) is 6.42 Å². The second-order valence-electron chi connectivity index (χ2n) is 5.67. The maximum Gasteiger partial charge on any atom is 0.253 e. The van der Waals surface area contributed by atoms with Crippen LogP contribution in [0.3, 0.4) is 0 Å². The van der Waals surface area contributed by atoms with Crippen LogP contribution in [0.25, 0.3) is 0 Å². The maximum absolute atomic E-state index is 12.6. The number of morpholine rings is 1. The molecule has 2 saturated heterocycles. The molecule has 3 unspecified atom stereocenters. The van der Waals surface area contributed by atoms with E-state index in [9.17, 15) is 14.1 Å². The van der Waals surface area contributed by atoms with E-state index in [2.05, 4.69) is 22.1 Å². The van der Waals surface area contributed by atoms with Crippen LogP contribution in [-0.4, -0.2) is 52.4 Å². The van der Waals surface area contributed by atoms with E-state index in [1.54, 1.807) is 9.80 Å². The zero-order valence-electron chi connectivity index (χ0n) is 13.2. The fourth-order valence-electron chi connectivity index (χ4n) is 2.96. The van der Waals surface area contributed by atoms with Crippen LogP contribution < -0.4 is 15.1 Å². The number of thiol groups is 1. The largest absolute Gasteiger partial charge is 0.370 e. The number of hydrogen-bond donors (Lipinski definition) is 2. The molecule has 2 amide bonds. The number of ether oxygens (including phenoxy) is 1. The topological polar surface area (TPSA) is 73.3 Å². The lowest BCUT2D eigenvalue weighted by atomic mass is 10.2. The van der Waals surface area contributed by atoms with Crippen LogP contribution in [0.5, 0.6) is 0 Å². The summed E-state index contributed by atoms with van der Waals surface area (Å²) in [5.74, 6) is -0.225. The van der Waals surface area contributed by atoms with E-state index in [0.29, 0.717) is 26.1 Å². The number of nitrogens with zero attached hydrogens (tertiary/aromatic N) is 3. The minimum absolute atomic E-state index is 0.0770. The van der Waals surface area contributed by atoms with Gasteiger partial charge in [-0.15, -0.1) is 9.24 Å². The fourth-order valence-corrected chi connectivity index (χ4v) is 4.33. The average molecular weight is 419 g/mol. The molecule has 1 aromatic carbocycles. The summed E-state index contributed by atoms with van der Waals surface area (Å²) in [7, 11) is 1.13. The van der Waals surface area contributed by atoms with Gasteiger partial charge in [0.05, 0.1) is 22.2 Å². The number of anilines is 2. The molecule has 136 valence electrons. The van der Waals surface area contributed by atoms with Crippen LogP contribution in [0.2, 0.25) is 0 Å². The van der Waals surface area contributed by atoms with Crippen molar-refractivity contribution >= 4 is 71.7 Å². The van der Waals surface area contributed by atoms with E-state index >= 15 is 0 Å². The first-order chi connectivity index (χ1) is 11.9. The predicted octanol–water partition coefficient (Wildman–Crippen LogP) is 0.271. The molecule has 0 aliphatic carbocycles. The van der Waals surface area contributed by atoms with Crippen LogP contribution in [0.15, 0.2) is 18.2 Å². The molecule has 0 radical (unpaired) electrons. The molecule has 1 N–H and O–H groups in total. The van der Waals surface area contributed by atoms with Crippen molar-refractivity contribution in [1.82, 2.24) is 3.71 Å². The third-order valence-corrected chi connectivity index (χ3v) is 6.80. The highest BCUT2D eigenvalue weighted by molar-refractivity contribution is 8.27. The molecule has 2 heterocycles. The van der Waals surface area contributed by atoms with E-state index in [4.69, 9.17) is 15.9 Å². The average Bonchev–Trinajstić information content (AvgIpc) is 2.95. The Kier molecular flexibility index (Phi) is 6.10. The number of rotatable bonds is 4. The van der Waals surface area contributed by atoms with Crippen LogP contribution >= 0.6 is 22.1 Å². The van der Waals surface area contributed by atoms with Gasteiger partial charge in [-0.2, -0.15) is 3.71 Å². The van der Waals surface area contributed by atoms with Gasteiger partial charge >= 0.3 is 0 Å². The Morgan fingerprint density at radius 2 is 2.12 bits per heavy atom. The minimum Gasteiger partial charge on any atom is -0.370 e. The third kappa shape index (κ3) is 3.90. The van der Waals surface area contributed by atoms with Crippen molar-refractivity contribution in [3.05, 3.63) is 18.2 Å². The number of hydrogen-bond acceptors (Lipinski definition) is 5. The molecule has 3 atom stereocenters. The molecular formula is C14H18N3O4PS3. The van der Waals surface area contributed by atoms with Gasteiger partial charge in [-0.05, 0) is 41.1 Å². The summed E-state index contributed by atoms with van der Waals surface area (Å²) in [5, 5.41) is 0.817. The number of amides is 2. The van der Waals surface area contributed by atoms with Crippen LogP contribution in [0.4, 0.5) is 11.4 Å². The van der Waals surface area contributed by atoms with Gasteiger partial charge < -0.3 is 19.1 Å². The van der Waals surface area contributed by atoms with Gasteiger partial charge in [-0.3, -0.25) is 9.59 Å². The van der Waals surface area contributed by atoms with Gasteiger partial charge in [0, 0.05) is 18.8 Å². The summed E-state index contributed by atoms with van der Waals surface area (Å²) in [6.07, 6.45) is 0.539. The fraction of sp³-hybridized carbons (Fsp3) is 0.429. The molecule has 3 rings (SSSR count). The van der Waals surface area contributed by atoms with E-state index in [1.807, 2.05) is 18.2 Å². The van der Waals surface area contributed by atoms with Gasteiger partial charge in [0.1, 0.15) is 12.6 Å². The Labute approximate surface area is 161 Å². The lowest BCUT2D eigenvalue weighted by Gasteiger charge is -2.28.